The Kier molecular flexibility index (Phi) is 4.80. The summed E-state index contributed by atoms with van der Waals surface area (Å²) in [6.07, 6.45) is 3.41. The zero-order valence-electron chi connectivity index (χ0n) is 13.7. The van der Waals surface area contributed by atoms with Crippen molar-refractivity contribution in [1.29, 1.82) is 0 Å². The number of aryl methyl sites for hydroxylation is 1. The molecule has 0 saturated carbocycles. The second-order valence-electron chi connectivity index (χ2n) is 6.65. The number of thiophene rings is 1. The van der Waals surface area contributed by atoms with Crippen molar-refractivity contribution in [1.82, 2.24) is 9.21 Å². The number of nitrogens with zero attached hydrogens (tertiary/aromatic N) is 2. The number of carbonyl (C=O) groups excluding carboxylic acids is 1. The highest BCUT2D eigenvalue weighted by atomic mass is 32.2. The summed E-state index contributed by atoms with van der Waals surface area (Å²) in [4.78, 5) is 15.7. The van der Waals surface area contributed by atoms with E-state index in [0.717, 1.165) is 37.2 Å². The molecule has 0 aromatic carbocycles. The van der Waals surface area contributed by atoms with E-state index in [4.69, 9.17) is 0 Å². The number of rotatable bonds is 3. The van der Waals surface area contributed by atoms with Crippen LogP contribution >= 0.6 is 11.3 Å². The van der Waals surface area contributed by atoms with Gasteiger partial charge in [-0.05, 0) is 50.7 Å². The molecule has 3 rings (SSSR count). The summed E-state index contributed by atoms with van der Waals surface area (Å²) in [5, 5.41) is 0. The summed E-state index contributed by atoms with van der Waals surface area (Å²) in [6.45, 7) is 6.05. The summed E-state index contributed by atoms with van der Waals surface area (Å²) < 4.78 is 27.5. The Morgan fingerprint density at radius 1 is 1.17 bits per heavy atom. The summed E-state index contributed by atoms with van der Waals surface area (Å²) in [5.41, 5.74) is 0. The molecule has 5 nitrogen and oxygen atoms in total. The van der Waals surface area contributed by atoms with Crippen molar-refractivity contribution in [2.45, 2.75) is 49.8 Å². The lowest BCUT2D eigenvalue weighted by Gasteiger charge is -2.34. The van der Waals surface area contributed by atoms with Crippen molar-refractivity contribution in [3.63, 3.8) is 0 Å². The summed E-state index contributed by atoms with van der Waals surface area (Å²) in [5.74, 6) is 0.641. The van der Waals surface area contributed by atoms with E-state index in [0.29, 0.717) is 23.1 Å². The van der Waals surface area contributed by atoms with Crippen LogP contribution in [0.1, 0.15) is 37.5 Å². The number of sulfonamides is 1. The molecule has 0 aliphatic carbocycles. The van der Waals surface area contributed by atoms with Crippen LogP contribution in [0.15, 0.2) is 16.3 Å². The van der Waals surface area contributed by atoms with Crippen LogP contribution in [0.2, 0.25) is 0 Å². The third kappa shape index (κ3) is 3.32. The van der Waals surface area contributed by atoms with E-state index < -0.39 is 16.1 Å². The molecular weight excluding hydrogens is 332 g/mol. The summed E-state index contributed by atoms with van der Waals surface area (Å²) in [7, 11) is -3.56. The Morgan fingerprint density at radius 2 is 1.87 bits per heavy atom. The normalized spacial score (nSPS) is 24.3. The smallest absolute Gasteiger partial charge is 0.253 e. The van der Waals surface area contributed by atoms with Gasteiger partial charge in [0.25, 0.3) is 10.0 Å². The highest BCUT2D eigenvalue weighted by Gasteiger charge is 2.41. The molecule has 1 aromatic rings. The van der Waals surface area contributed by atoms with Crippen LogP contribution in [0.4, 0.5) is 0 Å². The standard InChI is InChI=1S/C16H24N2O3S2/c1-12-7-10-17(11-8-12)16(19)14-4-3-9-18(14)23(20,21)15-6-5-13(2)22-15/h5-6,12,14H,3-4,7-11H2,1-2H3. The summed E-state index contributed by atoms with van der Waals surface area (Å²) in [6, 6.07) is 2.95. The molecule has 0 spiro atoms. The van der Waals surface area contributed by atoms with Crippen LogP contribution in [0, 0.1) is 12.8 Å². The molecule has 2 aliphatic heterocycles. The van der Waals surface area contributed by atoms with Crippen molar-refractivity contribution in [3.05, 3.63) is 17.0 Å². The molecule has 23 heavy (non-hydrogen) atoms. The predicted molar refractivity (Wildman–Crippen MR) is 90.9 cm³/mol. The van der Waals surface area contributed by atoms with Crippen molar-refractivity contribution >= 4 is 27.3 Å². The van der Waals surface area contributed by atoms with Crippen molar-refractivity contribution < 1.29 is 13.2 Å². The Bertz CT molecular complexity index is 675. The molecule has 1 aromatic heterocycles. The first kappa shape index (κ1) is 16.9. The van der Waals surface area contributed by atoms with Gasteiger partial charge in [0.1, 0.15) is 10.3 Å². The maximum atomic E-state index is 12.9. The third-order valence-electron chi connectivity index (χ3n) is 4.86. The van der Waals surface area contributed by atoms with Crippen LogP contribution in [-0.4, -0.2) is 49.2 Å². The topological polar surface area (TPSA) is 57.7 Å². The summed E-state index contributed by atoms with van der Waals surface area (Å²) >= 11 is 1.28. The molecule has 128 valence electrons. The minimum absolute atomic E-state index is 0.00810. The number of hydrogen-bond donors (Lipinski definition) is 0. The molecule has 2 saturated heterocycles. The van der Waals surface area contributed by atoms with E-state index in [1.165, 1.54) is 15.6 Å². The van der Waals surface area contributed by atoms with Gasteiger partial charge in [0, 0.05) is 24.5 Å². The zero-order valence-corrected chi connectivity index (χ0v) is 15.3. The van der Waals surface area contributed by atoms with Gasteiger partial charge in [0.15, 0.2) is 0 Å². The first-order valence-electron chi connectivity index (χ1n) is 8.26. The Morgan fingerprint density at radius 3 is 2.48 bits per heavy atom. The second kappa shape index (κ2) is 6.53. The predicted octanol–water partition coefficient (Wildman–Crippen LogP) is 2.47. The number of hydrogen-bond acceptors (Lipinski definition) is 4. The van der Waals surface area contributed by atoms with Crippen LogP contribution in [0.25, 0.3) is 0 Å². The SMILES string of the molecule is Cc1ccc(S(=O)(=O)N2CCCC2C(=O)N2CCC(C)CC2)s1. The second-order valence-corrected chi connectivity index (χ2v) is 10.1. The Labute approximate surface area is 142 Å². The van der Waals surface area contributed by atoms with Gasteiger partial charge in [-0.1, -0.05) is 6.92 Å². The fourth-order valence-electron chi connectivity index (χ4n) is 3.38. The van der Waals surface area contributed by atoms with Crippen LogP contribution in [0.3, 0.4) is 0 Å². The van der Waals surface area contributed by atoms with Gasteiger partial charge in [-0.3, -0.25) is 4.79 Å². The Balaban J connectivity index is 1.78. The Hall–Kier alpha value is -0.920. The molecule has 3 heterocycles. The minimum atomic E-state index is -3.56. The molecule has 1 amide bonds. The maximum absolute atomic E-state index is 12.9. The first-order chi connectivity index (χ1) is 10.9. The molecule has 1 unspecified atom stereocenters. The molecule has 1 atom stereocenters. The van der Waals surface area contributed by atoms with Crippen molar-refractivity contribution in [3.8, 4) is 0 Å². The molecule has 0 radical (unpaired) electrons. The lowest BCUT2D eigenvalue weighted by Crippen LogP contribution is -2.49. The van der Waals surface area contributed by atoms with E-state index >= 15 is 0 Å². The van der Waals surface area contributed by atoms with Gasteiger partial charge in [-0.15, -0.1) is 11.3 Å². The number of carbonyl (C=O) groups is 1. The fourth-order valence-corrected chi connectivity index (χ4v) is 6.44. The van der Waals surface area contributed by atoms with Crippen molar-refractivity contribution in [2.24, 2.45) is 5.92 Å². The lowest BCUT2D eigenvalue weighted by molar-refractivity contribution is -0.135. The zero-order chi connectivity index (χ0) is 16.6. The highest BCUT2D eigenvalue weighted by molar-refractivity contribution is 7.91. The quantitative estimate of drug-likeness (QED) is 0.836. The third-order valence-corrected chi connectivity index (χ3v) is 8.24. The van der Waals surface area contributed by atoms with Gasteiger partial charge >= 0.3 is 0 Å². The highest BCUT2D eigenvalue weighted by Crippen LogP contribution is 2.31. The monoisotopic (exact) mass is 356 g/mol. The number of amides is 1. The molecule has 2 fully saturated rings. The average molecular weight is 357 g/mol. The molecule has 2 aliphatic rings. The van der Waals surface area contributed by atoms with E-state index in [-0.39, 0.29) is 5.91 Å². The number of likely N-dealkylation sites (tertiary alicyclic amines) is 1. The molecule has 7 heteroatoms. The van der Waals surface area contributed by atoms with Gasteiger partial charge in [0.2, 0.25) is 5.91 Å². The van der Waals surface area contributed by atoms with Crippen LogP contribution < -0.4 is 0 Å². The van der Waals surface area contributed by atoms with E-state index in [9.17, 15) is 13.2 Å². The van der Waals surface area contributed by atoms with Gasteiger partial charge < -0.3 is 4.90 Å². The molecule has 0 bridgehead atoms. The minimum Gasteiger partial charge on any atom is -0.341 e. The van der Waals surface area contributed by atoms with E-state index in [2.05, 4.69) is 6.92 Å². The fraction of sp³-hybridized carbons (Fsp3) is 0.688. The average Bonchev–Trinajstić information content (AvgIpc) is 3.16. The van der Waals surface area contributed by atoms with Crippen LogP contribution in [0.5, 0.6) is 0 Å². The van der Waals surface area contributed by atoms with Gasteiger partial charge in [-0.2, -0.15) is 4.31 Å². The largest absolute Gasteiger partial charge is 0.341 e. The molecule has 0 N–H and O–H groups in total. The van der Waals surface area contributed by atoms with E-state index in [1.807, 2.05) is 17.9 Å². The van der Waals surface area contributed by atoms with Gasteiger partial charge in [0.05, 0.1) is 0 Å². The van der Waals surface area contributed by atoms with E-state index in [1.54, 1.807) is 6.07 Å². The first-order valence-corrected chi connectivity index (χ1v) is 10.5. The van der Waals surface area contributed by atoms with Crippen LogP contribution in [-0.2, 0) is 14.8 Å². The van der Waals surface area contributed by atoms with Crippen molar-refractivity contribution in [2.75, 3.05) is 19.6 Å². The molecular formula is C16H24N2O3S2. The maximum Gasteiger partial charge on any atom is 0.253 e. The lowest BCUT2D eigenvalue weighted by atomic mass is 9.98. The number of piperidine rings is 1. The van der Waals surface area contributed by atoms with Gasteiger partial charge in [-0.25, -0.2) is 8.42 Å².